The van der Waals surface area contributed by atoms with Crippen LogP contribution in [0.1, 0.15) is 11.1 Å². The average Bonchev–Trinajstić information content (AvgIpc) is 2.46. The molecule has 0 aliphatic carbocycles. The van der Waals surface area contributed by atoms with Crippen LogP contribution in [0.15, 0.2) is 46.9 Å². The lowest BCUT2D eigenvalue weighted by molar-refractivity contribution is 0.281. The van der Waals surface area contributed by atoms with Gasteiger partial charge in [-0.1, -0.05) is 24.3 Å². The van der Waals surface area contributed by atoms with Gasteiger partial charge in [0, 0.05) is 0 Å². The molecular weight excluding hydrogens is 308 g/mol. The summed E-state index contributed by atoms with van der Waals surface area (Å²) in [6.45, 7) is 0.543. The monoisotopic (exact) mass is 322 g/mol. The Kier molecular flexibility index (Phi) is 4.82. The fourth-order valence-electron chi connectivity index (χ4n) is 1.63. The summed E-state index contributed by atoms with van der Waals surface area (Å²) in [6.07, 6.45) is 0. The Labute approximate surface area is 120 Å². The first kappa shape index (κ1) is 13.9. The van der Waals surface area contributed by atoms with Crippen molar-refractivity contribution in [2.45, 2.75) is 13.2 Å². The molecule has 0 bridgehead atoms. The highest BCUT2D eigenvalue weighted by atomic mass is 79.9. The fourth-order valence-corrected chi connectivity index (χ4v) is 2.10. The molecule has 0 radical (unpaired) electrons. The lowest BCUT2D eigenvalue weighted by Gasteiger charge is -2.09. The smallest absolute Gasteiger partial charge is 0.134 e. The Balaban J connectivity index is 2.01. The summed E-state index contributed by atoms with van der Waals surface area (Å²) in [6, 6.07) is 13.3. The zero-order chi connectivity index (χ0) is 13.7. The number of rotatable bonds is 5. The van der Waals surface area contributed by atoms with Crippen molar-refractivity contribution in [3.05, 3.63) is 58.1 Å². The summed E-state index contributed by atoms with van der Waals surface area (Å²) < 4.78 is 11.7. The van der Waals surface area contributed by atoms with Gasteiger partial charge in [0.2, 0.25) is 0 Å². The molecule has 2 rings (SSSR count). The maximum atomic E-state index is 8.97. The molecule has 0 unspecified atom stereocenters. The van der Waals surface area contributed by atoms with Crippen molar-refractivity contribution < 1.29 is 14.6 Å². The molecule has 0 saturated heterocycles. The van der Waals surface area contributed by atoms with Gasteiger partial charge < -0.3 is 14.6 Å². The molecule has 0 saturated carbocycles. The van der Waals surface area contributed by atoms with Gasteiger partial charge in [-0.05, 0) is 45.3 Å². The Hall–Kier alpha value is -1.52. The maximum absolute atomic E-state index is 8.97. The van der Waals surface area contributed by atoms with E-state index in [1.807, 2.05) is 42.5 Å². The predicted molar refractivity (Wildman–Crippen MR) is 77.4 cm³/mol. The Morgan fingerprint density at radius 2 is 1.74 bits per heavy atom. The molecule has 0 spiro atoms. The third kappa shape index (κ3) is 3.72. The van der Waals surface area contributed by atoms with E-state index in [9.17, 15) is 0 Å². The summed E-state index contributed by atoms with van der Waals surface area (Å²) in [5.41, 5.74) is 1.95. The van der Waals surface area contributed by atoms with Crippen LogP contribution >= 0.6 is 15.9 Å². The van der Waals surface area contributed by atoms with Gasteiger partial charge in [0.15, 0.2) is 0 Å². The molecule has 2 aromatic carbocycles. The molecule has 0 atom stereocenters. The van der Waals surface area contributed by atoms with E-state index < -0.39 is 0 Å². The van der Waals surface area contributed by atoms with E-state index in [4.69, 9.17) is 14.6 Å². The molecule has 19 heavy (non-hydrogen) atoms. The minimum absolute atomic E-state index is 0.0607. The van der Waals surface area contributed by atoms with Crippen LogP contribution < -0.4 is 9.47 Å². The van der Waals surface area contributed by atoms with Crippen LogP contribution in [0.4, 0.5) is 0 Å². The highest BCUT2D eigenvalue weighted by Gasteiger charge is 2.03. The molecular formula is C15H15BrO3. The van der Waals surface area contributed by atoms with Crippen molar-refractivity contribution >= 4 is 15.9 Å². The number of methoxy groups -OCH3 is 1. The lowest BCUT2D eigenvalue weighted by atomic mass is 10.1. The Morgan fingerprint density at radius 3 is 2.32 bits per heavy atom. The van der Waals surface area contributed by atoms with Crippen molar-refractivity contribution in [3.8, 4) is 11.5 Å². The molecule has 3 nitrogen and oxygen atoms in total. The van der Waals surface area contributed by atoms with E-state index in [2.05, 4.69) is 15.9 Å². The summed E-state index contributed by atoms with van der Waals surface area (Å²) >= 11 is 3.45. The SMILES string of the molecule is COc1ccc(OCc2ccc(CO)cc2)c(Br)c1. The van der Waals surface area contributed by atoms with Gasteiger partial charge in [-0.25, -0.2) is 0 Å². The zero-order valence-electron chi connectivity index (χ0n) is 10.6. The zero-order valence-corrected chi connectivity index (χ0v) is 12.2. The van der Waals surface area contributed by atoms with Crippen LogP contribution in [0.2, 0.25) is 0 Å². The fraction of sp³-hybridized carbons (Fsp3) is 0.200. The van der Waals surface area contributed by atoms with Crippen molar-refractivity contribution in [3.63, 3.8) is 0 Å². The van der Waals surface area contributed by atoms with Gasteiger partial charge in [0.25, 0.3) is 0 Å². The Bertz CT molecular complexity index is 538. The molecule has 0 aromatic heterocycles. The highest BCUT2D eigenvalue weighted by Crippen LogP contribution is 2.29. The van der Waals surface area contributed by atoms with Gasteiger partial charge in [-0.3, -0.25) is 0 Å². The van der Waals surface area contributed by atoms with Crippen molar-refractivity contribution in [1.82, 2.24) is 0 Å². The van der Waals surface area contributed by atoms with Gasteiger partial charge in [-0.15, -0.1) is 0 Å². The lowest BCUT2D eigenvalue weighted by Crippen LogP contribution is -1.96. The normalized spacial score (nSPS) is 10.3. The number of aliphatic hydroxyl groups is 1. The number of hydrogen-bond acceptors (Lipinski definition) is 3. The third-order valence-electron chi connectivity index (χ3n) is 2.74. The number of aliphatic hydroxyl groups excluding tert-OH is 1. The third-order valence-corrected chi connectivity index (χ3v) is 3.36. The standard InChI is InChI=1S/C15H15BrO3/c1-18-13-6-7-15(14(16)8-13)19-10-12-4-2-11(9-17)3-5-12/h2-8,17H,9-10H2,1H3. The van der Waals surface area contributed by atoms with E-state index in [1.165, 1.54) is 0 Å². The second-order valence-electron chi connectivity index (χ2n) is 4.06. The first-order valence-electron chi connectivity index (χ1n) is 5.88. The molecule has 2 aromatic rings. The van der Waals surface area contributed by atoms with Gasteiger partial charge >= 0.3 is 0 Å². The molecule has 0 amide bonds. The quantitative estimate of drug-likeness (QED) is 0.915. The number of benzene rings is 2. The first-order valence-corrected chi connectivity index (χ1v) is 6.67. The topological polar surface area (TPSA) is 38.7 Å². The van der Waals surface area contributed by atoms with Crippen LogP contribution in [0.5, 0.6) is 11.5 Å². The van der Waals surface area contributed by atoms with E-state index in [0.29, 0.717) is 6.61 Å². The minimum atomic E-state index is 0.0607. The van der Waals surface area contributed by atoms with Crippen LogP contribution in [-0.4, -0.2) is 12.2 Å². The second kappa shape index (κ2) is 6.59. The summed E-state index contributed by atoms with van der Waals surface area (Å²) in [5, 5.41) is 8.97. The van der Waals surface area contributed by atoms with Crippen molar-refractivity contribution in [2.75, 3.05) is 7.11 Å². The van der Waals surface area contributed by atoms with Crippen LogP contribution in [0.25, 0.3) is 0 Å². The summed E-state index contributed by atoms with van der Waals surface area (Å²) in [4.78, 5) is 0. The number of halogens is 1. The average molecular weight is 323 g/mol. The first-order chi connectivity index (χ1) is 9.22. The number of ether oxygens (including phenoxy) is 2. The summed E-state index contributed by atoms with van der Waals surface area (Å²) in [5.74, 6) is 1.55. The van der Waals surface area contributed by atoms with E-state index in [1.54, 1.807) is 7.11 Å². The second-order valence-corrected chi connectivity index (χ2v) is 4.91. The molecule has 0 aliphatic heterocycles. The van der Waals surface area contributed by atoms with Gasteiger partial charge in [0.05, 0.1) is 18.2 Å². The molecule has 0 aliphatic rings. The minimum Gasteiger partial charge on any atom is -0.497 e. The van der Waals surface area contributed by atoms with E-state index in [-0.39, 0.29) is 6.61 Å². The number of hydrogen-bond donors (Lipinski definition) is 1. The van der Waals surface area contributed by atoms with Crippen LogP contribution in [-0.2, 0) is 13.2 Å². The molecule has 100 valence electrons. The van der Waals surface area contributed by atoms with Crippen molar-refractivity contribution in [2.24, 2.45) is 0 Å². The maximum Gasteiger partial charge on any atom is 0.134 e. The van der Waals surface area contributed by atoms with Crippen molar-refractivity contribution in [1.29, 1.82) is 0 Å². The summed E-state index contributed by atoms with van der Waals surface area (Å²) in [7, 11) is 1.63. The largest absolute Gasteiger partial charge is 0.497 e. The van der Waals surface area contributed by atoms with Gasteiger partial charge in [0.1, 0.15) is 18.1 Å². The predicted octanol–water partition coefficient (Wildman–Crippen LogP) is 3.53. The van der Waals surface area contributed by atoms with Gasteiger partial charge in [-0.2, -0.15) is 0 Å². The van der Waals surface area contributed by atoms with E-state index in [0.717, 1.165) is 27.1 Å². The van der Waals surface area contributed by atoms with Crippen LogP contribution in [0.3, 0.4) is 0 Å². The highest BCUT2D eigenvalue weighted by molar-refractivity contribution is 9.10. The molecule has 0 heterocycles. The molecule has 4 heteroatoms. The van der Waals surface area contributed by atoms with Crippen LogP contribution in [0, 0.1) is 0 Å². The molecule has 0 fully saturated rings. The molecule has 1 N–H and O–H groups in total. The Morgan fingerprint density at radius 1 is 1.05 bits per heavy atom. The van der Waals surface area contributed by atoms with E-state index >= 15 is 0 Å².